The van der Waals surface area contributed by atoms with Crippen LogP contribution in [0.15, 0.2) is 42.4 Å². The lowest BCUT2D eigenvalue weighted by molar-refractivity contribution is 0.0499. The first kappa shape index (κ1) is 8.13. The Labute approximate surface area is 76.2 Å². The molecule has 1 aromatic rings. The zero-order valence-electron chi connectivity index (χ0n) is 7.01. The SMILES string of the molecule is OC(C1=COCO1)c1ccccc1. The van der Waals surface area contributed by atoms with E-state index in [4.69, 9.17) is 9.47 Å². The third-order valence-electron chi connectivity index (χ3n) is 1.88. The summed E-state index contributed by atoms with van der Waals surface area (Å²) in [5, 5.41) is 9.75. The standard InChI is InChI=1S/C10H10O3/c11-10(9-6-12-7-13-9)8-4-2-1-3-5-8/h1-6,10-11H,7H2. The van der Waals surface area contributed by atoms with Gasteiger partial charge in [0.1, 0.15) is 12.4 Å². The molecule has 0 amide bonds. The third kappa shape index (κ3) is 1.65. The average molecular weight is 178 g/mol. The Kier molecular flexibility index (Phi) is 2.19. The van der Waals surface area contributed by atoms with Crippen molar-refractivity contribution in [3.63, 3.8) is 0 Å². The van der Waals surface area contributed by atoms with Gasteiger partial charge >= 0.3 is 0 Å². The lowest BCUT2D eigenvalue weighted by Crippen LogP contribution is -2.01. The maximum absolute atomic E-state index is 9.75. The second-order valence-corrected chi connectivity index (χ2v) is 2.76. The molecule has 1 unspecified atom stereocenters. The summed E-state index contributed by atoms with van der Waals surface area (Å²) in [6, 6.07) is 9.32. The van der Waals surface area contributed by atoms with E-state index in [0.717, 1.165) is 5.56 Å². The molecule has 1 N–H and O–H groups in total. The van der Waals surface area contributed by atoms with E-state index in [-0.39, 0.29) is 6.79 Å². The topological polar surface area (TPSA) is 38.7 Å². The number of rotatable bonds is 2. The molecule has 1 aliphatic heterocycles. The smallest absolute Gasteiger partial charge is 0.230 e. The van der Waals surface area contributed by atoms with E-state index in [1.807, 2.05) is 30.3 Å². The van der Waals surface area contributed by atoms with Crippen LogP contribution in [0.25, 0.3) is 0 Å². The van der Waals surface area contributed by atoms with Crippen LogP contribution in [0.2, 0.25) is 0 Å². The monoisotopic (exact) mass is 178 g/mol. The van der Waals surface area contributed by atoms with Gasteiger partial charge in [-0.05, 0) is 5.56 Å². The molecule has 0 fully saturated rings. The minimum atomic E-state index is -0.719. The highest BCUT2D eigenvalue weighted by atomic mass is 16.7. The normalized spacial score (nSPS) is 17.2. The van der Waals surface area contributed by atoms with Crippen molar-refractivity contribution in [3.8, 4) is 0 Å². The molecule has 1 heterocycles. The summed E-state index contributed by atoms with van der Waals surface area (Å²) < 4.78 is 9.91. The predicted molar refractivity (Wildman–Crippen MR) is 46.5 cm³/mol. The van der Waals surface area contributed by atoms with Gasteiger partial charge in [0.25, 0.3) is 0 Å². The minimum absolute atomic E-state index is 0.194. The van der Waals surface area contributed by atoms with Crippen LogP contribution < -0.4 is 0 Å². The molecule has 1 aliphatic rings. The maximum Gasteiger partial charge on any atom is 0.230 e. The zero-order valence-corrected chi connectivity index (χ0v) is 7.01. The van der Waals surface area contributed by atoms with Crippen molar-refractivity contribution in [2.45, 2.75) is 6.10 Å². The highest BCUT2D eigenvalue weighted by Crippen LogP contribution is 2.24. The van der Waals surface area contributed by atoms with Gasteiger partial charge in [0.15, 0.2) is 5.76 Å². The molecule has 13 heavy (non-hydrogen) atoms. The molecular formula is C10H10O3. The van der Waals surface area contributed by atoms with Crippen LogP contribution >= 0.6 is 0 Å². The van der Waals surface area contributed by atoms with Crippen molar-refractivity contribution >= 4 is 0 Å². The van der Waals surface area contributed by atoms with E-state index in [2.05, 4.69) is 0 Å². The van der Waals surface area contributed by atoms with Gasteiger partial charge in [-0.25, -0.2) is 0 Å². The number of aliphatic hydroxyl groups is 1. The summed E-state index contributed by atoms with van der Waals surface area (Å²) in [7, 11) is 0. The molecule has 0 radical (unpaired) electrons. The van der Waals surface area contributed by atoms with Gasteiger partial charge in [-0.15, -0.1) is 0 Å². The number of hydrogen-bond acceptors (Lipinski definition) is 3. The average Bonchev–Trinajstić information content (AvgIpc) is 2.71. The molecule has 0 aromatic heterocycles. The summed E-state index contributed by atoms with van der Waals surface area (Å²) in [6.07, 6.45) is 0.723. The van der Waals surface area contributed by atoms with Crippen molar-refractivity contribution in [1.82, 2.24) is 0 Å². The van der Waals surface area contributed by atoms with Crippen molar-refractivity contribution in [2.75, 3.05) is 6.79 Å². The Morgan fingerprint density at radius 3 is 2.62 bits per heavy atom. The first-order valence-corrected chi connectivity index (χ1v) is 4.05. The fraction of sp³-hybridized carbons (Fsp3) is 0.200. The summed E-state index contributed by atoms with van der Waals surface area (Å²) >= 11 is 0. The maximum atomic E-state index is 9.75. The number of ether oxygens (including phenoxy) is 2. The summed E-state index contributed by atoms with van der Waals surface area (Å²) in [5.74, 6) is 0.464. The highest BCUT2D eigenvalue weighted by molar-refractivity contribution is 5.23. The Bertz CT molecular complexity index is 305. The van der Waals surface area contributed by atoms with Crippen molar-refractivity contribution < 1.29 is 14.6 Å². The molecule has 0 spiro atoms. The number of hydrogen-bond donors (Lipinski definition) is 1. The van der Waals surface area contributed by atoms with Crippen molar-refractivity contribution in [1.29, 1.82) is 0 Å². The van der Waals surface area contributed by atoms with E-state index in [0.29, 0.717) is 5.76 Å². The van der Waals surface area contributed by atoms with Crippen LogP contribution in [0.4, 0.5) is 0 Å². The van der Waals surface area contributed by atoms with Gasteiger partial charge in [0, 0.05) is 0 Å². The molecule has 68 valence electrons. The first-order valence-electron chi connectivity index (χ1n) is 4.05. The lowest BCUT2D eigenvalue weighted by Gasteiger charge is -2.09. The quantitative estimate of drug-likeness (QED) is 0.747. The molecule has 2 rings (SSSR count). The van der Waals surface area contributed by atoms with E-state index >= 15 is 0 Å². The molecule has 0 saturated heterocycles. The van der Waals surface area contributed by atoms with Crippen LogP contribution in [-0.4, -0.2) is 11.9 Å². The van der Waals surface area contributed by atoms with E-state index in [9.17, 15) is 5.11 Å². The van der Waals surface area contributed by atoms with E-state index < -0.39 is 6.10 Å². The number of aliphatic hydroxyl groups excluding tert-OH is 1. The molecule has 3 heteroatoms. The molecule has 1 aromatic carbocycles. The van der Waals surface area contributed by atoms with Gasteiger partial charge in [-0.1, -0.05) is 30.3 Å². The Morgan fingerprint density at radius 2 is 2.00 bits per heavy atom. The van der Waals surface area contributed by atoms with Gasteiger partial charge in [0.05, 0.1) is 0 Å². The molecular weight excluding hydrogens is 168 g/mol. The van der Waals surface area contributed by atoms with Crippen LogP contribution in [0, 0.1) is 0 Å². The van der Waals surface area contributed by atoms with Gasteiger partial charge in [-0.2, -0.15) is 0 Å². The van der Waals surface area contributed by atoms with Gasteiger partial charge in [-0.3, -0.25) is 0 Å². The third-order valence-corrected chi connectivity index (χ3v) is 1.88. The molecule has 0 bridgehead atoms. The Hall–Kier alpha value is -1.48. The van der Waals surface area contributed by atoms with Gasteiger partial charge < -0.3 is 14.6 Å². The molecule has 1 atom stereocenters. The fourth-order valence-electron chi connectivity index (χ4n) is 1.20. The van der Waals surface area contributed by atoms with Crippen LogP contribution in [-0.2, 0) is 9.47 Å². The van der Waals surface area contributed by atoms with Crippen LogP contribution in [0.5, 0.6) is 0 Å². The van der Waals surface area contributed by atoms with Gasteiger partial charge in [0.2, 0.25) is 6.79 Å². The Morgan fingerprint density at radius 1 is 1.23 bits per heavy atom. The Balaban J connectivity index is 2.17. The summed E-state index contributed by atoms with van der Waals surface area (Å²) in [4.78, 5) is 0. The van der Waals surface area contributed by atoms with E-state index in [1.54, 1.807) is 0 Å². The van der Waals surface area contributed by atoms with E-state index in [1.165, 1.54) is 6.26 Å². The molecule has 0 saturated carbocycles. The number of benzene rings is 1. The molecule has 3 nitrogen and oxygen atoms in total. The summed E-state index contributed by atoms with van der Waals surface area (Å²) in [6.45, 7) is 0.194. The second kappa shape index (κ2) is 3.49. The van der Waals surface area contributed by atoms with Crippen molar-refractivity contribution in [3.05, 3.63) is 47.9 Å². The minimum Gasteiger partial charge on any atom is -0.461 e. The van der Waals surface area contributed by atoms with Crippen LogP contribution in [0.1, 0.15) is 11.7 Å². The highest BCUT2D eigenvalue weighted by Gasteiger charge is 2.18. The van der Waals surface area contributed by atoms with Crippen molar-refractivity contribution in [2.24, 2.45) is 0 Å². The lowest BCUT2D eigenvalue weighted by atomic mass is 10.1. The second-order valence-electron chi connectivity index (χ2n) is 2.76. The van der Waals surface area contributed by atoms with Crippen LogP contribution in [0.3, 0.4) is 0 Å². The summed E-state index contributed by atoms with van der Waals surface area (Å²) in [5.41, 5.74) is 0.805. The first-order chi connectivity index (χ1) is 6.38. The predicted octanol–water partition coefficient (Wildman–Crippen LogP) is 1.57. The molecule has 0 aliphatic carbocycles. The fourth-order valence-corrected chi connectivity index (χ4v) is 1.20. The largest absolute Gasteiger partial charge is 0.461 e. The zero-order chi connectivity index (χ0) is 9.10.